The summed E-state index contributed by atoms with van der Waals surface area (Å²) in [5.74, 6) is -2.75. The molecule has 180 valence electrons. The third-order valence-electron chi connectivity index (χ3n) is 5.82. The number of fused-ring (bicyclic) bond motifs is 3. The number of carboxylic acid groups (broad SMARTS) is 1. The van der Waals surface area contributed by atoms with Crippen LogP contribution in [0.4, 0.5) is 4.79 Å². The number of carbonyl (C=O) groups is 4. The lowest BCUT2D eigenvalue weighted by Gasteiger charge is -2.23. The van der Waals surface area contributed by atoms with Gasteiger partial charge in [-0.3, -0.25) is 14.4 Å². The molecule has 0 fully saturated rings. The topological polar surface area (TPSA) is 125 Å². The third kappa shape index (κ3) is 5.92. The number of carbonyl (C=O) groups excluding carboxylic acids is 3. The normalized spacial score (nSPS) is 12.8. The van der Waals surface area contributed by atoms with Crippen molar-refractivity contribution in [1.82, 2.24) is 15.5 Å². The molecule has 34 heavy (non-hydrogen) atoms. The number of nitrogens with zero attached hydrogens (tertiary/aromatic N) is 1. The minimum atomic E-state index is -0.998. The van der Waals surface area contributed by atoms with Crippen LogP contribution in [0.15, 0.2) is 48.5 Å². The van der Waals surface area contributed by atoms with Gasteiger partial charge in [-0.05, 0) is 29.2 Å². The average molecular weight is 468 g/mol. The highest BCUT2D eigenvalue weighted by Gasteiger charge is 2.29. The van der Waals surface area contributed by atoms with E-state index in [-0.39, 0.29) is 32.2 Å². The van der Waals surface area contributed by atoms with Crippen molar-refractivity contribution in [3.05, 3.63) is 59.7 Å². The van der Waals surface area contributed by atoms with Crippen molar-refractivity contribution in [2.75, 3.05) is 32.8 Å². The molecule has 0 aromatic heterocycles. The number of alkyl carbamates (subject to hydrolysis) is 1. The molecular formula is C25H29N3O6. The van der Waals surface area contributed by atoms with Gasteiger partial charge in [-0.25, -0.2) is 4.79 Å². The number of nitrogens with one attached hydrogen (secondary N) is 2. The molecule has 1 aliphatic carbocycles. The Bertz CT molecular complexity index is 1020. The predicted molar refractivity (Wildman–Crippen MR) is 125 cm³/mol. The largest absolute Gasteiger partial charge is 0.481 e. The molecule has 0 heterocycles. The lowest BCUT2D eigenvalue weighted by atomic mass is 9.98. The Balaban J connectivity index is 1.44. The van der Waals surface area contributed by atoms with E-state index >= 15 is 0 Å². The van der Waals surface area contributed by atoms with Crippen molar-refractivity contribution in [3.63, 3.8) is 0 Å². The number of aliphatic carboxylic acids is 1. The minimum absolute atomic E-state index is 0.0541. The molecule has 3 N–H and O–H groups in total. The van der Waals surface area contributed by atoms with Gasteiger partial charge in [0.15, 0.2) is 0 Å². The summed E-state index contributed by atoms with van der Waals surface area (Å²) in [4.78, 5) is 48.8. The summed E-state index contributed by atoms with van der Waals surface area (Å²) in [5, 5.41) is 13.8. The van der Waals surface area contributed by atoms with Gasteiger partial charge in [-0.1, -0.05) is 55.5 Å². The van der Waals surface area contributed by atoms with Crippen LogP contribution in [0.3, 0.4) is 0 Å². The summed E-state index contributed by atoms with van der Waals surface area (Å²) in [6, 6.07) is 16.0. The number of hydrogen-bond donors (Lipinski definition) is 3. The number of rotatable bonds is 10. The Kier molecular flexibility index (Phi) is 8.24. The van der Waals surface area contributed by atoms with Gasteiger partial charge >= 0.3 is 12.1 Å². The van der Waals surface area contributed by atoms with Crippen LogP contribution >= 0.6 is 0 Å². The molecule has 3 rings (SSSR count). The van der Waals surface area contributed by atoms with E-state index < -0.39 is 29.8 Å². The molecule has 2 aromatic carbocycles. The van der Waals surface area contributed by atoms with E-state index in [0.29, 0.717) is 6.54 Å². The molecule has 0 saturated carbocycles. The van der Waals surface area contributed by atoms with Crippen molar-refractivity contribution < 1.29 is 29.0 Å². The maximum Gasteiger partial charge on any atom is 0.407 e. The molecule has 1 aliphatic rings. The maximum absolute atomic E-state index is 12.2. The van der Waals surface area contributed by atoms with E-state index in [4.69, 9.17) is 9.84 Å². The first-order chi connectivity index (χ1) is 16.3. The SMILES string of the molecule is CCN(CC(C)C(=O)O)C(=O)CNC(=O)CNC(=O)OCC1c2ccccc2-c2ccccc21. The van der Waals surface area contributed by atoms with Crippen LogP contribution in [0.1, 0.15) is 30.9 Å². The standard InChI is InChI=1S/C25H29N3O6/c1-3-28(14-16(2)24(31)32)23(30)13-26-22(29)12-27-25(33)34-15-21-19-10-6-4-8-17(19)18-9-5-7-11-20(18)21/h4-11,16,21H,3,12-15H2,1-2H3,(H,26,29)(H,27,33)(H,31,32). The second kappa shape index (κ2) is 11.3. The number of amides is 3. The summed E-state index contributed by atoms with van der Waals surface area (Å²) in [7, 11) is 0. The summed E-state index contributed by atoms with van der Waals surface area (Å²) in [5.41, 5.74) is 4.42. The van der Waals surface area contributed by atoms with Crippen molar-refractivity contribution in [1.29, 1.82) is 0 Å². The van der Waals surface area contributed by atoms with E-state index in [1.54, 1.807) is 6.92 Å². The van der Waals surface area contributed by atoms with Gasteiger partial charge in [-0.15, -0.1) is 0 Å². The van der Waals surface area contributed by atoms with E-state index in [9.17, 15) is 19.2 Å². The second-order valence-electron chi connectivity index (χ2n) is 8.13. The minimum Gasteiger partial charge on any atom is -0.481 e. The third-order valence-corrected chi connectivity index (χ3v) is 5.82. The Morgan fingerprint density at radius 3 is 2.12 bits per heavy atom. The molecule has 2 aromatic rings. The van der Waals surface area contributed by atoms with Gasteiger partial charge in [0, 0.05) is 19.0 Å². The Morgan fingerprint density at radius 1 is 0.971 bits per heavy atom. The number of carboxylic acids is 1. The number of likely N-dealkylation sites (N-methyl/N-ethyl adjacent to an activating group) is 1. The fraction of sp³-hybridized carbons (Fsp3) is 0.360. The summed E-state index contributed by atoms with van der Waals surface area (Å²) < 4.78 is 5.38. The van der Waals surface area contributed by atoms with Crippen LogP contribution in [0.2, 0.25) is 0 Å². The maximum atomic E-state index is 12.2. The average Bonchev–Trinajstić information content (AvgIpc) is 3.16. The second-order valence-corrected chi connectivity index (χ2v) is 8.13. The van der Waals surface area contributed by atoms with Crippen LogP contribution in [-0.4, -0.2) is 66.7 Å². The Hall–Kier alpha value is -3.88. The van der Waals surface area contributed by atoms with Gasteiger partial charge in [0.2, 0.25) is 11.8 Å². The molecular weight excluding hydrogens is 438 g/mol. The lowest BCUT2D eigenvalue weighted by molar-refractivity contribution is -0.143. The molecule has 3 amide bonds. The summed E-state index contributed by atoms with van der Waals surface area (Å²) in [6.07, 6.45) is -0.728. The molecule has 1 unspecified atom stereocenters. The van der Waals surface area contributed by atoms with Gasteiger partial charge < -0.3 is 25.4 Å². The van der Waals surface area contributed by atoms with Crippen molar-refractivity contribution in [3.8, 4) is 11.1 Å². The molecule has 0 spiro atoms. The molecule has 1 atom stereocenters. The molecule has 9 heteroatoms. The van der Waals surface area contributed by atoms with Gasteiger partial charge in [0.1, 0.15) is 13.2 Å². The van der Waals surface area contributed by atoms with Crippen LogP contribution in [0.5, 0.6) is 0 Å². The van der Waals surface area contributed by atoms with Crippen LogP contribution in [0.25, 0.3) is 11.1 Å². The quantitative estimate of drug-likeness (QED) is 0.492. The molecule has 0 aliphatic heterocycles. The van der Waals surface area contributed by atoms with E-state index in [2.05, 4.69) is 10.6 Å². The van der Waals surface area contributed by atoms with E-state index in [1.807, 2.05) is 48.5 Å². The first-order valence-corrected chi connectivity index (χ1v) is 11.2. The van der Waals surface area contributed by atoms with Gasteiger partial charge in [0.05, 0.1) is 12.5 Å². The zero-order chi connectivity index (χ0) is 24.7. The number of ether oxygens (including phenoxy) is 1. The molecule has 0 saturated heterocycles. The smallest absolute Gasteiger partial charge is 0.407 e. The molecule has 9 nitrogen and oxygen atoms in total. The van der Waals surface area contributed by atoms with E-state index in [0.717, 1.165) is 22.3 Å². The van der Waals surface area contributed by atoms with Crippen LogP contribution in [0, 0.1) is 5.92 Å². The van der Waals surface area contributed by atoms with Gasteiger partial charge in [0.25, 0.3) is 0 Å². The van der Waals surface area contributed by atoms with Crippen LogP contribution in [-0.2, 0) is 19.1 Å². The Morgan fingerprint density at radius 2 is 1.56 bits per heavy atom. The zero-order valence-electron chi connectivity index (χ0n) is 19.2. The fourth-order valence-electron chi connectivity index (χ4n) is 3.97. The highest BCUT2D eigenvalue weighted by molar-refractivity contribution is 5.87. The predicted octanol–water partition coefficient (Wildman–Crippen LogP) is 2.21. The van der Waals surface area contributed by atoms with Gasteiger partial charge in [-0.2, -0.15) is 0 Å². The number of benzene rings is 2. The van der Waals surface area contributed by atoms with Crippen molar-refractivity contribution >= 4 is 23.9 Å². The number of hydrogen-bond acceptors (Lipinski definition) is 5. The lowest BCUT2D eigenvalue weighted by Crippen LogP contribution is -2.45. The Labute approximate surface area is 198 Å². The zero-order valence-corrected chi connectivity index (χ0v) is 19.2. The first-order valence-electron chi connectivity index (χ1n) is 11.2. The summed E-state index contributed by atoms with van der Waals surface area (Å²) in [6.45, 7) is 3.12. The van der Waals surface area contributed by atoms with Crippen molar-refractivity contribution in [2.45, 2.75) is 19.8 Å². The van der Waals surface area contributed by atoms with Crippen molar-refractivity contribution in [2.24, 2.45) is 5.92 Å². The van der Waals surface area contributed by atoms with Crippen LogP contribution < -0.4 is 10.6 Å². The monoisotopic (exact) mass is 467 g/mol. The van der Waals surface area contributed by atoms with E-state index in [1.165, 1.54) is 11.8 Å². The highest BCUT2D eigenvalue weighted by atomic mass is 16.5. The fourth-order valence-corrected chi connectivity index (χ4v) is 3.97. The summed E-state index contributed by atoms with van der Waals surface area (Å²) >= 11 is 0. The molecule has 0 bridgehead atoms. The molecule has 0 radical (unpaired) electrons. The first kappa shape index (κ1) is 24.8. The highest BCUT2D eigenvalue weighted by Crippen LogP contribution is 2.44.